The Kier molecular flexibility index (Phi) is 2.15. The molecular weight excluding hydrogens is 178 g/mol. The van der Waals surface area contributed by atoms with E-state index < -0.39 is 0 Å². The van der Waals surface area contributed by atoms with E-state index in [1.807, 2.05) is 30.0 Å². The molecule has 3 nitrogen and oxygen atoms in total. The Balaban J connectivity index is 2.38. The van der Waals surface area contributed by atoms with E-state index in [2.05, 4.69) is 0 Å². The Labute approximate surface area is 83.3 Å². The number of methoxy groups -OCH3 is 1. The van der Waals surface area contributed by atoms with Gasteiger partial charge in [-0.25, -0.2) is 0 Å². The van der Waals surface area contributed by atoms with E-state index in [0.29, 0.717) is 6.54 Å². The summed E-state index contributed by atoms with van der Waals surface area (Å²) in [5.41, 5.74) is 1.88. The molecule has 0 atom stereocenters. The lowest BCUT2D eigenvalue weighted by atomic mass is 10.1. The summed E-state index contributed by atoms with van der Waals surface area (Å²) in [6, 6.07) is 5.60. The van der Waals surface area contributed by atoms with Crippen molar-refractivity contribution in [2.45, 2.75) is 13.5 Å². The van der Waals surface area contributed by atoms with Gasteiger partial charge in [0.25, 0.3) is 5.91 Å². The SMILES string of the molecule is CCN1Cc2cc(OC)ccc2C1=O. The number of ether oxygens (including phenoxy) is 1. The molecule has 2 rings (SSSR count). The molecule has 0 unspecified atom stereocenters. The van der Waals surface area contributed by atoms with Crippen LogP contribution in [0.4, 0.5) is 0 Å². The van der Waals surface area contributed by atoms with Crippen LogP contribution in [-0.2, 0) is 6.54 Å². The fourth-order valence-electron chi connectivity index (χ4n) is 1.74. The van der Waals surface area contributed by atoms with Crippen molar-refractivity contribution in [1.29, 1.82) is 0 Å². The number of rotatable bonds is 2. The monoisotopic (exact) mass is 191 g/mol. The van der Waals surface area contributed by atoms with Crippen molar-refractivity contribution in [2.75, 3.05) is 13.7 Å². The minimum absolute atomic E-state index is 0.130. The van der Waals surface area contributed by atoms with Gasteiger partial charge in [-0.3, -0.25) is 4.79 Å². The first-order valence-corrected chi connectivity index (χ1v) is 4.72. The van der Waals surface area contributed by atoms with Crippen LogP contribution >= 0.6 is 0 Å². The van der Waals surface area contributed by atoms with Crippen molar-refractivity contribution in [3.8, 4) is 5.75 Å². The molecule has 0 N–H and O–H groups in total. The molecular formula is C11H13NO2. The summed E-state index contributed by atoms with van der Waals surface area (Å²) >= 11 is 0. The van der Waals surface area contributed by atoms with Gasteiger partial charge >= 0.3 is 0 Å². The standard InChI is InChI=1S/C11H13NO2/c1-3-12-7-8-6-9(14-2)4-5-10(8)11(12)13/h4-6H,3,7H2,1-2H3. The van der Waals surface area contributed by atoms with Crippen molar-refractivity contribution in [3.63, 3.8) is 0 Å². The maximum atomic E-state index is 11.7. The largest absolute Gasteiger partial charge is 0.497 e. The van der Waals surface area contributed by atoms with Crippen LogP contribution in [0, 0.1) is 0 Å². The molecule has 0 saturated heterocycles. The van der Waals surface area contributed by atoms with Crippen LogP contribution < -0.4 is 4.74 Å². The second-order valence-electron chi connectivity index (χ2n) is 3.34. The fraction of sp³-hybridized carbons (Fsp3) is 0.364. The van der Waals surface area contributed by atoms with E-state index in [0.717, 1.165) is 23.4 Å². The number of hydrogen-bond acceptors (Lipinski definition) is 2. The zero-order valence-corrected chi connectivity index (χ0v) is 8.41. The Morgan fingerprint density at radius 3 is 2.93 bits per heavy atom. The quantitative estimate of drug-likeness (QED) is 0.711. The summed E-state index contributed by atoms with van der Waals surface area (Å²) in [5.74, 6) is 0.944. The molecule has 1 aromatic carbocycles. The summed E-state index contributed by atoms with van der Waals surface area (Å²) < 4.78 is 5.11. The van der Waals surface area contributed by atoms with Crippen molar-refractivity contribution < 1.29 is 9.53 Å². The molecule has 0 saturated carbocycles. The molecule has 1 aliphatic rings. The van der Waals surface area contributed by atoms with Gasteiger partial charge in [0.05, 0.1) is 7.11 Å². The van der Waals surface area contributed by atoms with Crippen molar-refractivity contribution in [2.24, 2.45) is 0 Å². The van der Waals surface area contributed by atoms with Gasteiger partial charge < -0.3 is 9.64 Å². The molecule has 3 heteroatoms. The molecule has 0 spiro atoms. The van der Waals surface area contributed by atoms with Gasteiger partial charge in [-0.15, -0.1) is 0 Å². The van der Waals surface area contributed by atoms with E-state index in [9.17, 15) is 4.79 Å². The molecule has 0 fully saturated rings. The lowest BCUT2D eigenvalue weighted by Gasteiger charge is -2.10. The topological polar surface area (TPSA) is 29.5 Å². The third-order valence-electron chi connectivity index (χ3n) is 2.57. The summed E-state index contributed by atoms with van der Waals surface area (Å²) in [6.45, 7) is 3.46. The first-order chi connectivity index (χ1) is 6.76. The fourth-order valence-corrected chi connectivity index (χ4v) is 1.74. The van der Waals surface area contributed by atoms with Gasteiger partial charge in [0, 0.05) is 18.7 Å². The van der Waals surface area contributed by atoms with Crippen LogP contribution in [0.15, 0.2) is 18.2 Å². The lowest BCUT2D eigenvalue weighted by Crippen LogP contribution is -2.22. The Morgan fingerprint density at radius 2 is 2.29 bits per heavy atom. The zero-order chi connectivity index (χ0) is 10.1. The van der Waals surface area contributed by atoms with Crippen molar-refractivity contribution in [1.82, 2.24) is 4.90 Å². The Bertz CT molecular complexity index is 374. The van der Waals surface area contributed by atoms with Crippen molar-refractivity contribution in [3.05, 3.63) is 29.3 Å². The second-order valence-corrected chi connectivity index (χ2v) is 3.34. The molecule has 0 aliphatic carbocycles. The van der Waals surface area contributed by atoms with E-state index >= 15 is 0 Å². The Hall–Kier alpha value is -1.51. The highest BCUT2D eigenvalue weighted by Gasteiger charge is 2.25. The van der Waals surface area contributed by atoms with Gasteiger partial charge in [0.15, 0.2) is 0 Å². The summed E-state index contributed by atoms with van der Waals surface area (Å²) in [7, 11) is 1.64. The van der Waals surface area contributed by atoms with Crippen LogP contribution in [0.1, 0.15) is 22.8 Å². The molecule has 1 aromatic rings. The summed E-state index contributed by atoms with van der Waals surface area (Å²) in [5, 5.41) is 0. The highest BCUT2D eigenvalue weighted by molar-refractivity contribution is 5.98. The minimum atomic E-state index is 0.130. The number of nitrogens with zero attached hydrogens (tertiary/aromatic N) is 1. The third-order valence-corrected chi connectivity index (χ3v) is 2.57. The maximum Gasteiger partial charge on any atom is 0.254 e. The highest BCUT2D eigenvalue weighted by atomic mass is 16.5. The number of hydrogen-bond donors (Lipinski definition) is 0. The molecule has 74 valence electrons. The van der Waals surface area contributed by atoms with E-state index in [1.165, 1.54) is 0 Å². The first-order valence-electron chi connectivity index (χ1n) is 4.72. The predicted molar refractivity (Wildman–Crippen MR) is 53.4 cm³/mol. The number of carbonyl (C=O) groups excluding carboxylic acids is 1. The van der Waals surface area contributed by atoms with Crippen LogP contribution in [0.5, 0.6) is 5.75 Å². The lowest BCUT2D eigenvalue weighted by molar-refractivity contribution is 0.0787. The average molecular weight is 191 g/mol. The van der Waals surface area contributed by atoms with Crippen LogP contribution in [0.25, 0.3) is 0 Å². The normalized spacial score (nSPS) is 14.4. The van der Waals surface area contributed by atoms with E-state index in [-0.39, 0.29) is 5.91 Å². The smallest absolute Gasteiger partial charge is 0.254 e. The number of fused-ring (bicyclic) bond motifs is 1. The predicted octanol–water partition coefficient (Wildman–Crippen LogP) is 1.67. The van der Waals surface area contributed by atoms with Crippen LogP contribution in [0.3, 0.4) is 0 Å². The van der Waals surface area contributed by atoms with Gasteiger partial charge in [0.1, 0.15) is 5.75 Å². The molecule has 0 bridgehead atoms. The van der Waals surface area contributed by atoms with Gasteiger partial charge in [-0.1, -0.05) is 0 Å². The highest BCUT2D eigenvalue weighted by Crippen LogP contribution is 2.26. The maximum absolute atomic E-state index is 11.7. The van der Waals surface area contributed by atoms with Crippen molar-refractivity contribution >= 4 is 5.91 Å². The van der Waals surface area contributed by atoms with Crippen LogP contribution in [-0.4, -0.2) is 24.5 Å². The summed E-state index contributed by atoms with van der Waals surface area (Å²) in [4.78, 5) is 13.5. The Morgan fingerprint density at radius 1 is 1.50 bits per heavy atom. The second kappa shape index (κ2) is 3.33. The number of benzene rings is 1. The zero-order valence-electron chi connectivity index (χ0n) is 8.41. The molecule has 1 amide bonds. The van der Waals surface area contributed by atoms with Gasteiger partial charge in [-0.05, 0) is 30.7 Å². The summed E-state index contributed by atoms with van der Waals surface area (Å²) in [6.07, 6.45) is 0. The number of carbonyl (C=O) groups is 1. The molecule has 0 radical (unpaired) electrons. The van der Waals surface area contributed by atoms with E-state index in [1.54, 1.807) is 7.11 Å². The third kappa shape index (κ3) is 1.25. The number of amides is 1. The average Bonchev–Trinajstić information content (AvgIpc) is 2.55. The molecule has 1 aliphatic heterocycles. The first kappa shape index (κ1) is 9.06. The van der Waals surface area contributed by atoms with Gasteiger partial charge in [0.2, 0.25) is 0 Å². The molecule has 14 heavy (non-hydrogen) atoms. The van der Waals surface area contributed by atoms with E-state index in [4.69, 9.17) is 4.74 Å². The van der Waals surface area contributed by atoms with Gasteiger partial charge in [-0.2, -0.15) is 0 Å². The molecule has 1 heterocycles. The minimum Gasteiger partial charge on any atom is -0.497 e. The molecule has 0 aromatic heterocycles. The van der Waals surface area contributed by atoms with Crippen LogP contribution in [0.2, 0.25) is 0 Å².